The molecule has 0 aromatic heterocycles. The SMILES string of the molecule is Cc1ccccc1[C@@H]1C[C@H]1C(=O)N(CC(=O)O)C1CC1. The van der Waals surface area contributed by atoms with Crippen molar-refractivity contribution in [3.8, 4) is 0 Å². The van der Waals surface area contributed by atoms with Crippen molar-refractivity contribution < 1.29 is 14.7 Å². The first kappa shape index (κ1) is 13.2. The Kier molecular flexibility index (Phi) is 3.24. The maximum absolute atomic E-state index is 12.5. The molecule has 0 unspecified atom stereocenters. The largest absolute Gasteiger partial charge is 0.480 e. The molecule has 106 valence electrons. The van der Waals surface area contributed by atoms with Crippen LogP contribution in [0.5, 0.6) is 0 Å². The fourth-order valence-electron chi connectivity index (χ4n) is 2.95. The van der Waals surface area contributed by atoms with Crippen LogP contribution in [0.2, 0.25) is 0 Å². The van der Waals surface area contributed by atoms with Crippen LogP contribution in [0.1, 0.15) is 36.3 Å². The molecule has 2 fully saturated rings. The zero-order valence-corrected chi connectivity index (χ0v) is 11.6. The van der Waals surface area contributed by atoms with E-state index in [2.05, 4.69) is 19.1 Å². The minimum absolute atomic E-state index is 0.0175. The number of hydrogen-bond donors (Lipinski definition) is 1. The molecule has 1 aromatic carbocycles. The van der Waals surface area contributed by atoms with Gasteiger partial charge < -0.3 is 10.0 Å². The van der Waals surface area contributed by atoms with Crippen LogP contribution in [0.15, 0.2) is 24.3 Å². The van der Waals surface area contributed by atoms with Crippen molar-refractivity contribution in [2.24, 2.45) is 5.92 Å². The highest BCUT2D eigenvalue weighted by molar-refractivity contribution is 5.86. The number of carbonyl (C=O) groups is 2. The number of amides is 1. The Labute approximate surface area is 118 Å². The summed E-state index contributed by atoms with van der Waals surface area (Å²) in [6.45, 7) is 1.91. The molecule has 0 heterocycles. The van der Waals surface area contributed by atoms with Crippen molar-refractivity contribution >= 4 is 11.9 Å². The fraction of sp³-hybridized carbons (Fsp3) is 0.500. The van der Waals surface area contributed by atoms with Gasteiger partial charge in [0.05, 0.1) is 0 Å². The van der Waals surface area contributed by atoms with Gasteiger partial charge in [0.25, 0.3) is 0 Å². The summed E-state index contributed by atoms with van der Waals surface area (Å²) in [4.78, 5) is 25.0. The van der Waals surface area contributed by atoms with Gasteiger partial charge in [-0.2, -0.15) is 0 Å². The van der Waals surface area contributed by atoms with E-state index in [1.54, 1.807) is 4.90 Å². The van der Waals surface area contributed by atoms with E-state index in [0.717, 1.165) is 19.3 Å². The van der Waals surface area contributed by atoms with Gasteiger partial charge in [-0.3, -0.25) is 9.59 Å². The van der Waals surface area contributed by atoms with Crippen LogP contribution < -0.4 is 0 Å². The highest BCUT2D eigenvalue weighted by Gasteiger charge is 2.48. The van der Waals surface area contributed by atoms with E-state index >= 15 is 0 Å². The second kappa shape index (κ2) is 4.93. The van der Waals surface area contributed by atoms with Crippen LogP contribution in [0.3, 0.4) is 0 Å². The number of aliphatic carboxylic acids is 1. The van der Waals surface area contributed by atoms with Gasteiger partial charge in [-0.05, 0) is 43.2 Å². The lowest BCUT2D eigenvalue weighted by Crippen LogP contribution is -2.38. The zero-order chi connectivity index (χ0) is 14.3. The van der Waals surface area contributed by atoms with E-state index in [0.29, 0.717) is 0 Å². The lowest BCUT2D eigenvalue weighted by molar-refractivity contribution is -0.145. The highest BCUT2D eigenvalue weighted by atomic mass is 16.4. The van der Waals surface area contributed by atoms with E-state index in [-0.39, 0.29) is 30.3 Å². The summed E-state index contributed by atoms with van der Waals surface area (Å²) in [5.74, 6) is -0.628. The van der Waals surface area contributed by atoms with E-state index in [1.807, 2.05) is 12.1 Å². The Morgan fingerprint density at radius 3 is 2.60 bits per heavy atom. The average molecular weight is 273 g/mol. The minimum atomic E-state index is -0.918. The standard InChI is InChI=1S/C16H19NO3/c1-10-4-2-3-5-12(10)13-8-14(13)16(20)17(9-15(18)19)11-6-7-11/h2-5,11,13-14H,6-9H2,1H3,(H,18,19)/t13-,14+/m0/s1. The van der Waals surface area contributed by atoms with Gasteiger partial charge in [0.15, 0.2) is 0 Å². The Balaban J connectivity index is 1.70. The molecule has 0 saturated heterocycles. The molecule has 0 spiro atoms. The molecule has 2 atom stereocenters. The normalized spacial score (nSPS) is 24.2. The van der Waals surface area contributed by atoms with Gasteiger partial charge in [0.2, 0.25) is 5.91 Å². The second-order valence-corrected chi connectivity index (χ2v) is 5.90. The van der Waals surface area contributed by atoms with Crippen molar-refractivity contribution in [3.63, 3.8) is 0 Å². The molecule has 20 heavy (non-hydrogen) atoms. The molecule has 1 amide bonds. The van der Waals surface area contributed by atoms with Gasteiger partial charge in [-0.1, -0.05) is 24.3 Å². The zero-order valence-electron chi connectivity index (χ0n) is 11.6. The summed E-state index contributed by atoms with van der Waals surface area (Å²) < 4.78 is 0. The second-order valence-electron chi connectivity index (χ2n) is 5.90. The number of carboxylic acids is 1. The Bertz CT molecular complexity index is 550. The van der Waals surface area contributed by atoms with Gasteiger partial charge in [0.1, 0.15) is 6.54 Å². The summed E-state index contributed by atoms with van der Waals surface area (Å²) in [6, 6.07) is 8.30. The van der Waals surface area contributed by atoms with E-state index in [4.69, 9.17) is 5.11 Å². The van der Waals surface area contributed by atoms with Gasteiger partial charge >= 0.3 is 5.97 Å². The summed E-state index contributed by atoms with van der Waals surface area (Å²) in [6.07, 6.45) is 2.74. The number of rotatable bonds is 5. The topological polar surface area (TPSA) is 57.6 Å². The maximum Gasteiger partial charge on any atom is 0.323 e. The molecule has 1 aromatic rings. The molecule has 0 aliphatic heterocycles. The van der Waals surface area contributed by atoms with Crippen molar-refractivity contribution in [2.45, 2.75) is 38.1 Å². The van der Waals surface area contributed by atoms with Crippen molar-refractivity contribution in [3.05, 3.63) is 35.4 Å². The molecular formula is C16H19NO3. The number of benzene rings is 1. The fourth-order valence-corrected chi connectivity index (χ4v) is 2.95. The first-order valence-corrected chi connectivity index (χ1v) is 7.15. The first-order chi connectivity index (χ1) is 9.58. The van der Waals surface area contributed by atoms with Gasteiger partial charge in [-0.15, -0.1) is 0 Å². The molecule has 0 radical (unpaired) electrons. The summed E-state index contributed by atoms with van der Waals surface area (Å²) in [5.41, 5.74) is 2.45. The molecular weight excluding hydrogens is 254 g/mol. The number of nitrogens with zero attached hydrogens (tertiary/aromatic N) is 1. The van der Waals surface area contributed by atoms with Crippen molar-refractivity contribution in [1.82, 2.24) is 4.90 Å². The van der Waals surface area contributed by atoms with Crippen LogP contribution in [0.4, 0.5) is 0 Å². The third-order valence-electron chi connectivity index (χ3n) is 4.27. The molecule has 0 bridgehead atoms. The third kappa shape index (κ3) is 2.55. The number of hydrogen-bond acceptors (Lipinski definition) is 2. The summed E-state index contributed by atoms with van der Waals surface area (Å²) >= 11 is 0. The van der Waals surface area contributed by atoms with Crippen LogP contribution in [-0.2, 0) is 9.59 Å². The number of carboxylic acid groups (broad SMARTS) is 1. The van der Waals surface area contributed by atoms with Gasteiger partial charge in [0, 0.05) is 12.0 Å². The summed E-state index contributed by atoms with van der Waals surface area (Å²) in [7, 11) is 0. The van der Waals surface area contributed by atoms with E-state index in [9.17, 15) is 9.59 Å². The molecule has 2 aliphatic carbocycles. The maximum atomic E-state index is 12.5. The quantitative estimate of drug-likeness (QED) is 0.894. The highest BCUT2D eigenvalue weighted by Crippen LogP contribution is 2.50. The Hall–Kier alpha value is -1.84. The molecule has 3 rings (SSSR count). The predicted molar refractivity (Wildman–Crippen MR) is 74.4 cm³/mol. The Morgan fingerprint density at radius 2 is 2.00 bits per heavy atom. The average Bonchev–Trinajstić information content (AvgIpc) is 3.26. The van der Waals surface area contributed by atoms with E-state index in [1.165, 1.54) is 11.1 Å². The molecule has 1 N–H and O–H groups in total. The number of aryl methyl sites for hydroxylation is 1. The smallest absolute Gasteiger partial charge is 0.323 e. The monoisotopic (exact) mass is 273 g/mol. The van der Waals surface area contributed by atoms with Crippen molar-refractivity contribution in [2.75, 3.05) is 6.54 Å². The van der Waals surface area contributed by atoms with Crippen LogP contribution in [-0.4, -0.2) is 34.5 Å². The van der Waals surface area contributed by atoms with E-state index < -0.39 is 5.97 Å². The number of carbonyl (C=O) groups excluding carboxylic acids is 1. The molecule has 4 heteroatoms. The third-order valence-corrected chi connectivity index (χ3v) is 4.27. The first-order valence-electron chi connectivity index (χ1n) is 7.15. The van der Waals surface area contributed by atoms with Gasteiger partial charge in [-0.25, -0.2) is 0 Å². The lowest BCUT2D eigenvalue weighted by atomic mass is 10.0. The van der Waals surface area contributed by atoms with Crippen LogP contribution in [0.25, 0.3) is 0 Å². The minimum Gasteiger partial charge on any atom is -0.480 e. The van der Waals surface area contributed by atoms with Crippen LogP contribution >= 0.6 is 0 Å². The van der Waals surface area contributed by atoms with Crippen LogP contribution in [0, 0.1) is 12.8 Å². The Morgan fingerprint density at radius 1 is 1.30 bits per heavy atom. The summed E-state index contributed by atoms with van der Waals surface area (Å²) in [5, 5.41) is 8.94. The molecule has 4 nitrogen and oxygen atoms in total. The molecule has 2 aliphatic rings. The molecule has 2 saturated carbocycles. The predicted octanol–water partition coefficient (Wildman–Crippen LogP) is 2.17. The lowest BCUT2D eigenvalue weighted by Gasteiger charge is -2.20. The van der Waals surface area contributed by atoms with Crippen molar-refractivity contribution in [1.29, 1.82) is 0 Å².